The Kier molecular flexibility index (Phi) is 6.61. The van der Waals surface area contributed by atoms with Gasteiger partial charge in [0.2, 0.25) is 0 Å². The van der Waals surface area contributed by atoms with Crippen molar-refractivity contribution in [1.82, 2.24) is 0 Å². The molecule has 6 heteroatoms. The Morgan fingerprint density at radius 1 is 0.969 bits per heavy atom. The maximum Gasteiger partial charge on any atom is 0.184 e. The summed E-state index contributed by atoms with van der Waals surface area (Å²) in [6.45, 7) is 14.4. The molecule has 0 aromatic rings. The summed E-state index contributed by atoms with van der Waals surface area (Å²) in [7, 11) is 1.83. The van der Waals surface area contributed by atoms with E-state index in [4.69, 9.17) is 19.3 Å². The van der Waals surface area contributed by atoms with Gasteiger partial charge in [0, 0.05) is 12.0 Å². The van der Waals surface area contributed by atoms with E-state index in [-0.39, 0.29) is 10.8 Å². The molecule has 32 heavy (non-hydrogen) atoms. The maximum absolute atomic E-state index is 6.65. The number of fused-ring (bicyclic) bond motifs is 5. The Labute approximate surface area is 196 Å². The van der Waals surface area contributed by atoms with Gasteiger partial charge < -0.3 is 14.1 Å². The standard InChI is InChI=1S/C26H46N2O3Si/c1-17(31-32(6,7)8)21-11-12-22-20-10-9-18-15-19(27-29-4)13-14-25(18,2)24(20)23(28-30-5)16-26(21,22)3/h17-18,20-22,24H,9-16H2,1-8H3/t17-,18+,20?,21-,22?,24?,25+,26-/m1/s1. The zero-order valence-electron chi connectivity index (χ0n) is 21.7. The molecule has 3 unspecified atom stereocenters. The summed E-state index contributed by atoms with van der Waals surface area (Å²) in [6, 6.07) is 0. The van der Waals surface area contributed by atoms with E-state index in [0.29, 0.717) is 29.8 Å². The molecule has 0 aromatic heterocycles. The summed E-state index contributed by atoms with van der Waals surface area (Å²) in [5.74, 6) is 3.31. The van der Waals surface area contributed by atoms with Crippen molar-refractivity contribution in [1.29, 1.82) is 0 Å². The number of nitrogens with zero attached hydrogens (tertiary/aromatic N) is 2. The van der Waals surface area contributed by atoms with Crippen molar-refractivity contribution in [2.75, 3.05) is 14.2 Å². The SMILES string of the molecule is CON=C1CC[C@]2(C)C3C(=NOC)C[C@@]4(C)C(CC[C@@H]4[C@@H](C)O[Si](C)(C)C)C3CC[C@H]2C1. The first kappa shape index (κ1) is 24.2. The molecule has 0 radical (unpaired) electrons. The van der Waals surface area contributed by atoms with E-state index in [1.807, 2.05) is 0 Å². The topological polar surface area (TPSA) is 52.4 Å². The zero-order chi connectivity index (χ0) is 23.3. The first-order valence-electron chi connectivity index (χ1n) is 12.9. The molecule has 0 amide bonds. The van der Waals surface area contributed by atoms with Crippen molar-refractivity contribution in [3.63, 3.8) is 0 Å². The van der Waals surface area contributed by atoms with Crippen LogP contribution < -0.4 is 0 Å². The third-order valence-electron chi connectivity index (χ3n) is 9.81. The zero-order valence-corrected chi connectivity index (χ0v) is 22.7. The quantitative estimate of drug-likeness (QED) is 0.346. The van der Waals surface area contributed by atoms with Crippen LogP contribution in [0.4, 0.5) is 0 Å². The number of rotatable bonds is 5. The molecule has 4 fully saturated rings. The smallest absolute Gasteiger partial charge is 0.184 e. The highest BCUT2D eigenvalue weighted by molar-refractivity contribution is 6.69. The molecule has 4 aliphatic carbocycles. The van der Waals surface area contributed by atoms with Crippen LogP contribution in [0.5, 0.6) is 0 Å². The van der Waals surface area contributed by atoms with Gasteiger partial charge in [-0.15, -0.1) is 0 Å². The van der Waals surface area contributed by atoms with Crippen LogP contribution in [0.2, 0.25) is 19.6 Å². The van der Waals surface area contributed by atoms with Gasteiger partial charge in [0.25, 0.3) is 0 Å². The second-order valence-electron chi connectivity index (χ2n) is 12.6. The number of oxime groups is 2. The van der Waals surface area contributed by atoms with Crippen molar-refractivity contribution in [3.8, 4) is 0 Å². The van der Waals surface area contributed by atoms with E-state index in [0.717, 1.165) is 25.2 Å². The summed E-state index contributed by atoms with van der Waals surface area (Å²) < 4.78 is 6.65. The van der Waals surface area contributed by atoms with Gasteiger partial charge in [-0.2, -0.15) is 0 Å². The molecule has 0 heterocycles. The lowest BCUT2D eigenvalue weighted by molar-refractivity contribution is -0.0580. The van der Waals surface area contributed by atoms with Crippen LogP contribution in [0.15, 0.2) is 10.3 Å². The largest absolute Gasteiger partial charge is 0.415 e. The summed E-state index contributed by atoms with van der Waals surface area (Å²) in [5, 5.41) is 9.10. The molecule has 4 aliphatic rings. The first-order valence-corrected chi connectivity index (χ1v) is 16.3. The monoisotopic (exact) mass is 462 g/mol. The molecule has 5 nitrogen and oxygen atoms in total. The third-order valence-corrected chi connectivity index (χ3v) is 10.9. The number of hydrogen-bond acceptors (Lipinski definition) is 5. The molecule has 0 aliphatic heterocycles. The van der Waals surface area contributed by atoms with E-state index in [2.05, 4.69) is 45.6 Å². The van der Waals surface area contributed by atoms with Gasteiger partial charge in [0.1, 0.15) is 14.2 Å². The minimum Gasteiger partial charge on any atom is -0.415 e. The van der Waals surface area contributed by atoms with E-state index in [1.54, 1.807) is 14.2 Å². The number of hydrogen-bond donors (Lipinski definition) is 0. The molecule has 0 saturated heterocycles. The fraction of sp³-hybridized carbons (Fsp3) is 0.923. The molecule has 8 atom stereocenters. The average molecular weight is 463 g/mol. The van der Waals surface area contributed by atoms with Gasteiger partial charge in [0.05, 0.1) is 11.4 Å². The predicted octanol–water partition coefficient (Wildman–Crippen LogP) is 6.50. The molecule has 4 saturated carbocycles. The Hall–Kier alpha value is -0.883. The van der Waals surface area contributed by atoms with Gasteiger partial charge in [-0.1, -0.05) is 24.2 Å². The predicted molar refractivity (Wildman–Crippen MR) is 133 cm³/mol. The van der Waals surface area contributed by atoms with E-state index in [1.165, 1.54) is 43.5 Å². The first-order chi connectivity index (χ1) is 15.0. The summed E-state index contributed by atoms with van der Waals surface area (Å²) in [5.41, 5.74) is 3.13. The fourth-order valence-electron chi connectivity index (χ4n) is 8.78. The molecular weight excluding hydrogens is 416 g/mol. The third kappa shape index (κ3) is 4.08. The lowest BCUT2D eigenvalue weighted by Gasteiger charge is -2.60. The van der Waals surface area contributed by atoms with Crippen LogP contribution in [-0.2, 0) is 14.1 Å². The summed E-state index contributed by atoms with van der Waals surface area (Å²) in [6.07, 6.45) is 9.97. The van der Waals surface area contributed by atoms with E-state index in [9.17, 15) is 0 Å². The van der Waals surface area contributed by atoms with Crippen LogP contribution in [0.1, 0.15) is 72.1 Å². The molecule has 182 valence electrons. The summed E-state index contributed by atoms with van der Waals surface area (Å²) in [4.78, 5) is 10.6. The van der Waals surface area contributed by atoms with Crippen molar-refractivity contribution in [3.05, 3.63) is 0 Å². The minimum absolute atomic E-state index is 0.262. The fourth-order valence-corrected chi connectivity index (χ4v) is 10.1. The van der Waals surface area contributed by atoms with Gasteiger partial charge >= 0.3 is 0 Å². The lowest BCUT2D eigenvalue weighted by Crippen LogP contribution is -2.58. The molecule has 0 N–H and O–H groups in total. The maximum atomic E-state index is 6.65. The van der Waals surface area contributed by atoms with Crippen molar-refractivity contribution < 1.29 is 14.1 Å². The summed E-state index contributed by atoms with van der Waals surface area (Å²) >= 11 is 0. The van der Waals surface area contributed by atoms with Crippen LogP contribution in [0.3, 0.4) is 0 Å². The highest BCUT2D eigenvalue weighted by atomic mass is 28.4. The van der Waals surface area contributed by atoms with Crippen LogP contribution >= 0.6 is 0 Å². The second-order valence-corrected chi connectivity index (χ2v) is 17.1. The second kappa shape index (κ2) is 8.72. The molecule has 4 rings (SSSR count). The van der Waals surface area contributed by atoms with E-state index >= 15 is 0 Å². The molecule has 0 aromatic carbocycles. The highest BCUT2D eigenvalue weighted by Gasteiger charge is 2.63. The van der Waals surface area contributed by atoms with Gasteiger partial charge in [-0.3, -0.25) is 0 Å². The normalized spacial score (nSPS) is 45.2. The van der Waals surface area contributed by atoms with Gasteiger partial charge in [-0.25, -0.2) is 0 Å². The molecular formula is C26H46N2O3Si. The molecule has 0 spiro atoms. The Morgan fingerprint density at radius 3 is 2.34 bits per heavy atom. The van der Waals surface area contributed by atoms with Crippen molar-refractivity contribution in [2.24, 2.45) is 50.7 Å². The lowest BCUT2D eigenvalue weighted by atomic mass is 9.44. The van der Waals surface area contributed by atoms with Crippen molar-refractivity contribution >= 4 is 19.7 Å². The van der Waals surface area contributed by atoms with Crippen LogP contribution in [-0.4, -0.2) is 40.1 Å². The molecule has 0 bridgehead atoms. The van der Waals surface area contributed by atoms with Crippen molar-refractivity contribution in [2.45, 2.75) is 97.9 Å². The highest BCUT2D eigenvalue weighted by Crippen LogP contribution is 2.67. The van der Waals surface area contributed by atoms with Gasteiger partial charge in [-0.05, 0) is 112 Å². The Bertz CT molecular complexity index is 763. The minimum atomic E-state index is -1.57. The van der Waals surface area contributed by atoms with E-state index < -0.39 is 8.32 Å². The Balaban J connectivity index is 1.65. The Morgan fingerprint density at radius 2 is 1.69 bits per heavy atom. The van der Waals surface area contributed by atoms with Gasteiger partial charge in [0.15, 0.2) is 8.32 Å². The van der Waals surface area contributed by atoms with Crippen LogP contribution in [0.25, 0.3) is 0 Å². The van der Waals surface area contributed by atoms with Crippen LogP contribution in [0, 0.1) is 40.4 Å². The average Bonchev–Trinajstić information content (AvgIpc) is 3.04.